The number of esters is 1. The van der Waals surface area contributed by atoms with Gasteiger partial charge in [0.15, 0.2) is 5.65 Å². The highest BCUT2D eigenvalue weighted by Gasteiger charge is 2.27. The molecule has 0 radical (unpaired) electrons. The molecule has 0 saturated heterocycles. The molecule has 0 aliphatic carbocycles. The van der Waals surface area contributed by atoms with Gasteiger partial charge in [0.2, 0.25) is 0 Å². The number of hydrogen-bond acceptors (Lipinski definition) is 6. The van der Waals surface area contributed by atoms with Gasteiger partial charge in [0, 0.05) is 6.20 Å². The molecule has 3 aromatic heterocycles. The van der Waals surface area contributed by atoms with E-state index in [0.717, 1.165) is 11.3 Å². The predicted molar refractivity (Wildman–Crippen MR) is 111 cm³/mol. The van der Waals surface area contributed by atoms with Crippen molar-refractivity contribution >= 4 is 63.0 Å². The molecular formula is C18H16Cl2N4O4S. The third-order valence-corrected chi connectivity index (χ3v) is 5.81. The molecule has 0 unspecified atom stereocenters. The number of pyridine rings is 1. The van der Waals surface area contributed by atoms with Crippen LogP contribution < -0.4 is 11.1 Å². The van der Waals surface area contributed by atoms with Crippen LogP contribution >= 0.6 is 34.5 Å². The second-order valence-electron chi connectivity index (χ2n) is 6.04. The monoisotopic (exact) mass is 454 g/mol. The highest BCUT2D eigenvalue weighted by atomic mass is 35.5. The lowest BCUT2D eigenvalue weighted by Gasteiger charge is -2.08. The standard InChI is InChI=1S/C18H16Cl2N4O4S/c1-4-28-18(27)11-7(2)13(14(21)25)29-17(11)23-16(26)12-8(3)22-15-10(20)5-9(19)6-24(12)15/h5-6H,4H2,1-3H3,(H2,21,25)(H,23,26). The average molecular weight is 455 g/mol. The van der Waals surface area contributed by atoms with Gasteiger partial charge in [-0.2, -0.15) is 0 Å². The highest BCUT2D eigenvalue weighted by molar-refractivity contribution is 7.18. The fourth-order valence-corrected chi connectivity index (χ4v) is 4.46. The molecule has 3 rings (SSSR count). The van der Waals surface area contributed by atoms with Crippen molar-refractivity contribution < 1.29 is 19.1 Å². The van der Waals surface area contributed by atoms with E-state index < -0.39 is 17.8 Å². The van der Waals surface area contributed by atoms with Crippen molar-refractivity contribution in [3.05, 3.63) is 49.7 Å². The molecule has 0 aromatic carbocycles. The van der Waals surface area contributed by atoms with E-state index in [-0.39, 0.29) is 32.8 Å². The molecule has 0 aliphatic rings. The average Bonchev–Trinajstić information content (AvgIpc) is 3.12. The smallest absolute Gasteiger partial charge is 0.341 e. The molecule has 11 heteroatoms. The zero-order valence-corrected chi connectivity index (χ0v) is 18.0. The number of fused-ring (bicyclic) bond motifs is 1. The second-order valence-corrected chi connectivity index (χ2v) is 7.91. The first kappa shape index (κ1) is 21.1. The van der Waals surface area contributed by atoms with E-state index in [4.69, 9.17) is 33.7 Å². The van der Waals surface area contributed by atoms with Crippen molar-refractivity contribution in [2.75, 3.05) is 11.9 Å². The lowest BCUT2D eigenvalue weighted by atomic mass is 10.1. The maximum atomic E-state index is 13.0. The van der Waals surface area contributed by atoms with Crippen LogP contribution in [0.4, 0.5) is 5.00 Å². The quantitative estimate of drug-likeness (QED) is 0.567. The lowest BCUT2D eigenvalue weighted by Crippen LogP contribution is -2.17. The summed E-state index contributed by atoms with van der Waals surface area (Å²) in [6.07, 6.45) is 1.51. The van der Waals surface area contributed by atoms with Crippen LogP contribution in [-0.2, 0) is 4.74 Å². The number of aryl methyl sites for hydroxylation is 1. The molecule has 29 heavy (non-hydrogen) atoms. The van der Waals surface area contributed by atoms with Crippen LogP contribution in [0.15, 0.2) is 12.3 Å². The molecule has 0 fully saturated rings. The SMILES string of the molecule is CCOC(=O)c1c(NC(=O)c2c(C)nc3c(Cl)cc(Cl)cn23)sc(C(N)=O)c1C. The van der Waals surface area contributed by atoms with Gasteiger partial charge in [-0.1, -0.05) is 23.2 Å². The molecule has 3 N–H and O–H groups in total. The zero-order chi connectivity index (χ0) is 21.5. The van der Waals surface area contributed by atoms with Gasteiger partial charge in [0.1, 0.15) is 10.7 Å². The number of hydrogen-bond donors (Lipinski definition) is 2. The fraction of sp³-hybridized carbons (Fsp3) is 0.222. The summed E-state index contributed by atoms with van der Waals surface area (Å²) in [5.41, 5.74) is 6.78. The van der Waals surface area contributed by atoms with Gasteiger partial charge in [-0.3, -0.25) is 14.0 Å². The minimum atomic E-state index is -0.705. The molecule has 3 heterocycles. The number of aromatic nitrogens is 2. The van der Waals surface area contributed by atoms with Crippen molar-refractivity contribution in [2.45, 2.75) is 20.8 Å². The number of ether oxygens (including phenoxy) is 1. The largest absolute Gasteiger partial charge is 0.462 e. The summed E-state index contributed by atoms with van der Waals surface area (Å²) in [5, 5.41) is 3.43. The van der Waals surface area contributed by atoms with Crippen LogP contribution in [0, 0.1) is 13.8 Å². The highest BCUT2D eigenvalue weighted by Crippen LogP contribution is 2.34. The molecule has 0 saturated carbocycles. The molecule has 3 aromatic rings. The number of carbonyl (C=O) groups excluding carboxylic acids is 3. The summed E-state index contributed by atoms with van der Waals surface area (Å²) in [6.45, 7) is 5.00. The van der Waals surface area contributed by atoms with E-state index in [1.165, 1.54) is 16.7 Å². The number of carbonyl (C=O) groups is 3. The van der Waals surface area contributed by atoms with Crippen LogP contribution in [0.2, 0.25) is 10.0 Å². The second kappa shape index (κ2) is 8.02. The van der Waals surface area contributed by atoms with Gasteiger partial charge in [0.05, 0.1) is 32.8 Å². The van der Waals surface area contributed by atoms with E-state index in [1.54, 1.807) is 20.8 Å². The third-order valence-electron chi connectivity index (χ3n) is 4.11. The minimum absolute atomic E-state index is 0.0848. The van der Waals surface area contributed by atoms with Gasteiger partial charge >= 0.3 is 5.97 Å². The summed E-state index contributed by atoms with van der Waals surface area (Å²) in [7, 11) is 0. The van der Waals surface area contributed by atoms with Crippen LogP contribution in [0.5, 0.6) is 0 Å². The summed E-state index contributed by atoms with van der Waals surface area (Å²) in [6, 6.07) is 1.52. The van der Waals surface area contributed by atoms with Crippen molar-refractivity contribution in [1.29, 1.82) is 0 Å². The van der Waals surface area contributed by atoms with Crippen molar-refractivity contribution in [1.82, 2.24) is 9.38 Å². The van der Waals surface area contributed by atoms with Gasteiger partial charge in [-0.25, -0.2) is 9.78 Å². The van der Waals surface area contributed by atoms with Gasteiger partial charge in [0.25, 0.3) is 11.8 Å². The first-order valence-corrected chi connectivity index (χ1v) is 9.98. The molecule has 0 atom stereocenters. The van der Waals surface area contributed by atoms with Crippen molar-refractivity contribution in [3.63, 3.8) is 0 Å². The first-order valence-electron chi connectivity index (χ1n) is 8.41. The molecule has 0 spiro atoms. The Morgan fingerprint density at radius 1 is 1.31 bits per heavy atom. The van der Waals surface area contributed by atoms with Crippen LogP contribution in [0.1, 0.15) is 48.7 Å². The Kier molecular flexibility index (Phi) is 5.83. The minimum Gasteiger partial charge on any atom is -0.462 e. The fourth-order valence-electron chi connectivity index (χ4n) is 2.91. The maximum Gasteiger partial charge on any atom is 0.341 e. The first-order chi connectivity index (χ1) is 13.6. The van der Waals surface area contributed by atoms with Gasteiger partial charge < -0.3 is 15.8 Å². The molecule has 8 nitrogen and oxygen atoms in total. The molecular weight excluding hydrogens is 439 g/mol. The molecule has 2 amide bonds. The molecule has 152 valence electrons. The van der Waals surface area contributed by atoms with Crippen LogP contribution in [0.3, 0.4) is 0 Å². The number of nitrogens with one attached hydrogen (secondary N) is 1. The number of imidazole rings is 1. The Bertz CT molecular complexity index is 1170. The number of halogens is 2. The summed E-state index contributed by atoms with van der Waals surface area (Å²) in [4.78, 5) is 41.6. The number of thiophene rings is 1. The number of primary amides is 1. The summed E-state index contributed by atoms with van der Waals surface area (Å²) in [5.74, 6) is -1.93. The van der Waals surface area contributed by atoms with Crippen molar-refractivity contribution in [3.8, 4) is 0 Å². The maximum absolute atomic E-state index is 13.0. The zero-order valence-electron chi connectivity index (χ0n) is 15.6. The Morgan fingerprint density at radius 2 is 2.00 bits per heavy atom. The topological polar surface area (TPSA) is 116 Å². The Morgan fingerprint density at radius 3 is 2.62 bits per heavy atom. The Balaban J connectivity index is 2.09. The van der Waals surface area contributed by atoms with Gasteiger partial charge in [-0.05, 0) is 32.4 Å². The van der Waals surface area contributed by atoms with Gasteiger partial charge in [-0.15, -0.1) is 11.3 Å². The number of amides is 2. The summed E-state index contributed by atoms with van der Waals surface area (Å²) >= 11 is 13.1. The van der Waals surface area contributed by atoms with Crippen molar-refractivity contribution in [2.24, 2.45) is 5.73 Å². The number of nitrogens with zero attached hydrogens (tertiary/aromatic N) is 2. The van der Waals surface area contributed by atoms with E-state index in [0.29, 0.717) is 21.9 Å². The van der Waals surface area contributed by atoms with E-state index in [2.05, 4.69) is 10.3 Å². The van der Waals surface area contributed by atoms with E-state index in [1.807, 2.05) is 0 Å². The lowest BCUT2D eigenvalue weighted by molar-refractivity contribution is 0.0527. The normalized spacial score (nSPS) is 10.9. The number of rotatable bonds is 5. The summed E-state index contributed by atoms with van der Waals surface area (Å²) < 4.78 is 6.52. The molecule has 0 aliphatic heterocycles. The van der Waals surface area contributed by atoms with Crippen LogP contribution in [-0.4, -0.2) is 33.8 Å². The van der Waals surface area contributed by atoms with E-state index >= 15 is 0 Å². The van der Waals surface area contributed by atoms with E-state index in [9.17, 15) is 14.4 Å². The van der Waals surface area contributed by atoms with Crippen LogP contribution in [0.25, 0.3) is 5.65 Å². The Hall–Kier alpha value is -2.62. The predicted octanol–water partition coefficient (Wildman–Crippen LogP) is 3.85. The Labute approximate surface area is 179 Å². The third kappa shape index (κ3) is 3.81. The number of anilines is 1. The number of nitrogens with two attached hydrogens (primary N) is 1. The molecule has 0 bridgehead atoms.